The standard InChI is InChI=1S/C16H24FN3O.HI/c1-3-18-15(19-9-10-21-2)20-12-16(7-8-16)13-5-4-6-14(17)11-13;/h4-6,11H,3,7-10,12H2,1-2H3,(H2,18,19,20);1H. The summed E-state index contributed by atoms with van der Waals surface area (Å²) in [6.45, 7) is 4.88. The molecule has 0 heterocycles. The summed E-state index contributed by atoms with van der Waals surface area (Å²) in [6.07, 6.45) is 2.13. The molecule has 22 heavy (non-hydrogen) atoms. The van der Waals surface area contributed by atoms with Crippen molar-refractivity contribution < 1.29 is 9.13 Å². The Kier molecular flexibility index (Phi) is 8.09. The van der Waals surface area contributed by atoms with Gasteiger partial charge in [0.25, 0.3) is 0 Å². The summed E-state index contributed by atoms with van der Waals surface area (Å²) in [5.74, 6) is 0.616. The van der Waals surface area contributed by atoms with Gasteiger partial charge in [-0.05, 0) is 37.5 Å². The topological polar surface area (TPSA) is 45.7 Å². The first-order chi connectivity index (χ1) is 10.2. The fourth-order valence-electron chi connectivity index (χ4n) is 2.35. The zero-order chi connectivity index (χ0) is 15.1. The Balaban J connectivity index is 0.00000242. The zero-order valence-electron chi connectivity index (χ0n) is 13.2. The molecule has 2 rings (SSSR count). The van der Waals surface area contributed by atoms with Crippen LogP contribution in [-0.2, 0) is 10.2 Å². The number of halogens is 2. The van der Waals surface area contributed by atoms with Crippen LogP contribution in [0.3, 0.4) is 0 Å². The van der Waals surface area contributed by atoms with Crippen molar-refractivity contribution >= 4 is 29.9 Å². The Labute approximate surface area is 148 Å². The largest absolute Gasteiger partial charge is 0.383 e. The minimum absolute atomic E-state index is 0. The van der Waals surface area contributed by atoms with Crippen molar-refractivity contribution in [2.45, 2.75) is 25.2 Å². The van der Waals surface area contributed by atoms with Gasteiger partial charge in [0.2, 0.25) is 0 Å². The molecule has 1 aromatic rings. The third-order valence-electron chi connectivity index (χ3n) is 3.77. The molecule has 4 nitrogen and oxygen atoms in total. The van der Waals surface area contributed by atoms with Gasteiger partial charge in [0, 0.05) is 25.6 Å². The highest BCUT2D eigenvalue weighted by molar-refractivity contribution is 14.0. The second-order valence-electron chi connectivity index (χ2n) is 5.41. The Morgan fingerprint density at radius 2 is 2.14 bits per heavy atom. The lowest BCUT2D eigenvalue weighted by Crippen LogP contribution is -2.39. The number of ether oxygens (including phenoxy) is 1. The normalized spacial score (nSPS) is 15.9. The monoisotopic (exact) mass is 421 g/mol. The van der Waals surface area contributed by atoms with Gasteiger partial charge in [-0.1, -0.05) is 12.1 Å². The molecule has 1 aromatic carbocycles. The molecule has 0 atom stereocenters. The van der Waals surface area contributed by atoms with Crippen molar-refractivity contribution in [1.29, 1.82) is 0 Å². The van der Waals surface area contributed by atoms with Crippen LogP contribution in [0.5, 0.6) is 0 Å². The first-order valence-electron chi connectivity index (χ1n) is 7.47. The van der Waals surface area contributed by atoms with E-state index < -0.39 is 0 Å². The Bertz CT molecular complexity index is 492. The lowest BCUT2D eigenvalue weighted by atomic mass is 9.96. The van der Waals surface area contributed by atoms with Crippen LogP contribution in [-0.4, -0.2) is 39.3 Å². The molecule has 1 saturated carbocycles. The number of hydrogen-bond donors (Lipinski definition) is 2. The molecule has 1 fully saturated rings. The molecule has 2 N–H and O–H groups in total. The number of rotatable bonds is 7. The van der Waals surface area contributed by atoms with Gasteiger partial charge in [0.1, 0.15) is 5.82 Å². The van der Waals surface area contributed by atoms with E-state index in [1.54, 1.807) is 19.2 Å². The van der Waals surface area contributed by atoms with Crippen LogP contribution in [0.25, 0.3) is 0 Å². The summed E-state index contributed by atoms with van der Waals surface area (Å²) in [5.41, 5.74) is 1.07. The molecule has 0 unspecified atom stereocenters. The van der Waals surface area contributed by atoms with Crippen molar-refractivity contribution in [3.05, 3.63) is 35.6 Å². The maximum atomic E-state index is 13.4. The number of guanidine groups is 1. The summed E-state index contributed by atoms with van der Waals surface area (Å²) in [5, 5.41) is 6.44. The molecule has 1 aliphatic carbocycles. The maximum absolute atomic E-state index is 13.4. The molecule has 0 bridgehead atoms. The summed E-state index contributed by atoms with van der Waals surface area (Å²) < 4.78 is 18.4. The molecule has 0 aliphatic heterocycles. The van der Waals surface area contributed by atoms with Crippen LogP contribution in [0.1, 0.15) is 25.3 Å². The van der Waals surface area contributed by atoms with Crippen molar-refractivity contribution in [1.82, 2.24) is 10.6 Å². The number of methoxy groups -OCH3 is 1. The predicted octanol–water partition coefficient (Wildman–Crippen LogP) is 2.68. The van der Waals surface area contributed by atoms with Gasteiger partial charge < -0.3 is 15.4 Å². The Hall–Kier alpha value is -0.890. The summed E-state index contributed by atoms with van der Waals surface area (Å²) in [6, 6.07) is 6.89. The fourth-order valence-corrected chi connectivity index (χ4v) is 2.35. The van der Waals surface area contributed by atoms with Gasteiger partial charge >= 0.3 is 0 Å². The van der Waals surface area contributed by atoms with E-state index in [9.17, 15) is 4.39 Å². The van der Waals surface area contributed by atoms with Gasteiger partial charge in [0.15, 0.2) is 5.96 Å². The number of nitrogens with zero attached hydrogens (tertiary/aromatic N) is 1. The third kappa shape index (κ3) is 5.39. The summed E-state index contributed by atoms with van der Waals surface area (Å²) in [7, 11) is 1.68. The Morgan fingerprint density at radius 3 is 2.73 bits per heavy atom. The first kappa shape index (κ1) is 19.2. The van der Waals surface area contributed by atoms with Crippen LogP contribution in [0.2, 0.25) is 0 Å². The van der Waals surface area contributed by atoms with Gasteiger partial charge in [-0.3, -0.25) is 4.99 Å². The molecular weight excluding hydrogens is 396 g/mol. The van der Waals surface area contributed by atoms with E-state index in [1.807, 2.05) is 13.0 Å². The molecular formula is C16H25FIN3O. The van der Waals surface area contributed by atoms with Crippen molar-refractivity contribution in [2.75, 3.05) is 33.4 Å². The molecule has 0 saturated heterocycles. The first-order valence-corrected chi connectivity index (χ1v) is 7.47. The van der Waals surface area contributed by atoms with Crippen LogP contribution >= 0.6 is 24.0 Å². The molecule has 0 amide bonds. The van der Waals surface area contributed by atoms with Crippen molar-refractivity contribution in [2.24, 2.45) is 4.99 Å². The van der Waals surface area contributed by atoms with E-state index in [1.165, 1.54) is 6.07 Å². The van der Waals surface area contributed by atoms with E-state index >= 15 is 0 Å². The fraction of sp³-hybridized carbons (Fsp3) is 0.562. The van der Waals surface area contributed by atoms with Gasteiger partial charge in [-0.2, -0.15) is 0 Å². The van der Waals surface area contributed by atoms with Crippen LogP contribution in [0, 0.1) is 5.82 Å². The SMILES string of the molecule is CCNC(=NCC1(c2cccc(F)c2)CC1)NCCOC.I. The second-order valence-corrected chi connectivity index (χ2v) is 5.41. The molecule has 124 valence electrons. The van der Waals surface area contributed by atoms with Crippen molar-refractivity contribution in [3.8, 4) is 0 Å². The van der Waals surface area contributed by atoms with E-state index in [0.717, 1.165) is 37.5 Å². The van der Waals surface area contributed by atoms with Gasteiger partial charge in [-0.25, -0.2) is 4.39 Å². The maximum Gasteiger partial charge on any atom is 0.191 e. The quantitative estimate of drug-likeness (QED) is 0.308. The molecule has 0 radical (unpaired) electrons. The average molecular weight is 421 g/mol. The van der Waals surface area contributed by atoms with Gasteiger partial charge in [0.05, 0.1) is 13.2 Å². The molecule has 1 aliphatic rings. The van der Waals surface area contributed by atoms with E-state index in [-0.39, 0.29) is 35.2 Å². The van der Waals surface area contributed by atoms with Crippen LogP contribution in [0.4, 0.5) is 4.39 Å². The predicted molar refractivity (Wildman–Crippen MR) is 98.6 cm³/mol. The number of benzene rings is 1. The molecule has 6 heteroatoms. The number of aliphatic imine (C=N–C) groups is 1. The third-order valence-corrected chi connectivity index (χ3v) is 3.77. The minimum atomic E-state index is -0.173. The number of nitrogens with one attached hydrogen (secondary N) is 2. The van der Waals surface area contributed by atoms with Crippen molar-refractivity contribution in [3.63, 3.8) is 0 Å². The van der Waals surface area contributed by atoms with Gasteiger partial charge in [-0.15, -0.1) is 24.0 Å². The highest BCUT2D eigenvalue weighted by atomic mass is 127. The minimum Gasteiger partial charge on any atom is -0.383 e. The van der Waals surface area contributed by atoms with Crippen LogP contribution < -0.4 is 10.6 Å². The van der Waals surface area contributed by atoms with E-state index in [2.05, 4.69) is 15.6 Å². The Morgan fingerprint density at radius 1 is 1.36 bits per heavy atom. The van der Waals surface area contributed by atoms with E-state index in [0.29, 0.717) is 13.2 Å². The summed E-state index contributed by atoms with van der Waals surface area (Å²) in [4.78, 5) is 4.64. The molecule has 0 spiro atoms. The number of hydrogen-bond acceptors (Lipinski definition) is 2. The lowest BCUT2D eigenvalue weighted by Gasteiger charge is -2.16. The smallest absolute Gasteiger partial charge is 0.191 e. The zero-order valence-corrected chi connectivity index (χ0v) is 15.5. The van der Waals surface area contributed by atoms with Crippen LogP contribution in [0.15, 0.2) is 29.3 Å². The lowest BCUT2D eigenvalue weighted by molar-refractivity contribution is 0.203. The highest BCUT2D eigenvalue weighted by Crippen LogP contribution is 2.48. The van der Waals surface area contributed by atoms with E-state index in [4.69, 9.17) is 4.74 Å². The average Bonchev–Trinajstić information content (AvgIpc) is 3.26. The summed E-state index contributed by atoms with van der Waals surface area (Å²) >= 11 is 0. The molecule has 0 aromatic heterocycles. The highest BCUT2D eigenvalue weighted by Gasteiger charge is 2.44. The second kappa shape index (κ2) is 9.29.